The monoisotopic (exact) mass is 436 g/mol. The number of carbonyl (C=O) groups excluding carboxylic acids is 1. The first-order valence-electron chi connectivity index (χ1n) is 8.63. The van der Waals surface area contributed by atoms with Gasteiger partial charge < -0.3 is 0 Å². The number of halogens is 1. The SMILES string of the molecule is CCC(C)C(=O)OC1=C([Se]c2ccccc2)C(c2ccc(Cl)cc2)OC1. The Morgan fingerprint density at radius 1 is 1.23 bits per heavy atom. The molecule has 2 aromatic rings. The molecule has 0 aromatic heterocycles. The molecule has 2 unspecified atom stereocenters. The Kier molecular flexibility index (Phi) is 6.55. The third kappa shape index (κ3) is 4.57. The van der Waals surface area contributed by atoms with E-state index in [9.17, 15) is 4.79 Å². The van der Waals surface area contributed by atoms with E-state index in [-0.39, 0.29) is 32.9 Å². The van der Waals surface area contributed by atoms with Gasteiger partial charge in [0.25, 0.3) is 0 Å². The summed E-state index contributed by atoms with van der Waals surface area (Å²) < 4.78 is 14.0. The summed E-state index contributed by atoms with van der Waals surface area (Å²) in [6.45, 7) is 4.19. The van der Waals surface area contributed by atoms with Crippen molar-refractivity contribution in [3.63, 3.8) is 0 Å². The summed E-state index contributed by atoms with van der Waals surface area (Å²) >= 11 is 6.02. The molecule has 1 aliphatic rings. The standard InChI is InChI=1S/C21H21ClO3Se/c1-3-14(2)21(23)25-18-13-24-19(15-9-11-16(22)12-10-15)20(18)26-17-7-5-4-6-8-17/h4-12,14,19H,3,13H2,1-2H3. The van der Waals surface area contributed by atoms with Crippen molar-refractivity contribution in [3.8, 4) is 0 Å². The summed E-state index contributed by atoms with van der Waals surface area (Å²) in [6, 6.07) is 17.9. The van der Waals surface area contributed by atoms with Crippen LogP contribution in [0.2, 0.25) is 5.02 Å². The van der Waals surface area contributed by atoms with Gasteiger partial charge in [-0.15, -0.1) is 0 Å². The molecular formula is C21H21ClO3Se. The molecule has 2 aromatic carbocycles. The predicted molar refractivity (Wildman–Crippen MR) is 105 cm³/mol. The zero-order valence-electron chi connectivity index (χ0n) is 14.8. The number of ether oxygens (including phenoxy) is 2. The summed E-state index contributed by atoms with van der Waals surface area (Å²) in [4.78, 5) is 12.3. The van der Waals surface area contributed by atoms with E-state index in [1.165, 1.54) is 4.46 Å². The van der Waals surface area contributed by atoms with Gasteiger partial charge in [-0.25, -0.2) is 0 Å². The minimum absolute atomic E-state index is 0.00707. The first kappa shape index (κ1) is 19.2. The van der Waals surface area contributed by atoms with Gasteiger partial charge in [0.15, 0.2) is 0 Å². The quantitative estimate of drug-likeness (QED) is 0.503. The van der Waals surface area contributed by atoms with E-state index in [0.29, 0.717) is 17.4 Å². The van der Waals surface area contributed by atoms with Crippen LogP contribution < -0.4 is 4.46 Å². The second-order valence-corrected chi connectivity index (χ2v) is 8.95. The van der Waals surface area contributed by atoms with E-state index in [1.54, 1.807) is 0 Å². The first-order chi connectivity index (χ1) is 12.6. The van der Waals surface area contributed by atoms with Crippen LogP contribution in [0.3, 0.4) is 0 Å². The number of hydrogen-bond acceptors (Lipinski definition) is 3. The molecule has 0 radical (unpaired) electrons. The normalized spacial score (nSPS) is 18.0. The molecule has 0 spiro atoms. The fourth-order valence-corrected chi connectivity index (χ4v) is 4.91. The molecule has 1 heterocycles. The van der Waals surface area contributed by atoms with Gasteiger partial charge in [0.2, 0.25) is 0 Å². The van der Waals surface area contributed by atoms with Crippen molar-refractivity contribution in [1.29, 1.82) is 0 Å². The van der Waals surface area contributed by atoms with E-state index >= 15 is 0 Å². The van der Waals surface area contributed by atoms with Crippen molar-refractivity contribution >= 4 is 37.0 Å². The van der Waals surface area contributed by atoms with Crippen molar-refractivity contribution in [2.45, 2.75) is 26.4 Å². The number of hydrogen-bond donors (Lipinski definition) is 0. The van der Waals surface area contributed by atoms with E-state index < -0.39 is 0 Å². The van der Waals surface area contributed by atoms with E-state index in [2.05, 4.69) is 12.1 Å². The number of benzene rings is 2. The van der Waals surface area contributed by atoms with Gasteiger partial charge in [-0.3, -0.25) is 0 Å². The third-order valence-electron chi connectivity index (χ3n) is 4.28. The fraction of sp³-hybridized carbons (Fsp3) is 0.286. The molecule has 5 heteroatoms. The maximum absolute atomic E-state index is 12.3. The van der Waals surface area contributed by atoms with Crippen LogP contribution >= 0.6 is 11.6 Å². The average Bonchev–Trinajstić information content (AvgIpc) is 3.04. The Labute approximate surface area is 165 Å². The summed E-state index contributed by atoms with van der Waals surface area (Å²) in [5.74, 6) is 0.353. The topological polar surface area (TPSA) is 35.5 Å². The predicted octanol–water partition coefficient (Wildman–Crippen LogP) is 4.24. The first-order valence-corrected chi connectivity index (χ1v) is 10.7. The molecule has 0 saturated heterocycles. The second kappa shape index (κ2) is 8.87. The Morgan fingerprint density at radius 2 is 1.92 bits per heavy atom. The van der Waals surface area contributed by atoms with Gasteiger partial charge in [0.1, 0.15) is 0 Å². The Bertz CT molecular complexity index is 787. The summed E-state index contributed by atoms with van der Waals surface area (Å²) in [6.07, 6.45) is 0.555. The summed E-state index contributed by atoms with van der Waals surface area (Å²) in [5, 5.41) is 0.689. The molecule has 0 fully saturated rings. The Hall–Kier alpha value is -1.58. The van der Waals surface area contributed by atoms with E-state index in [4.69, 9.17) is 21.1 Å². The molecule has 26 heavy (non-hydrogen) atoms. The maximum atomic E-state index is 12.3. The van der Waals surface area contributed by atoms with Crippen molar-refractivity contribution in [2.24, 2.45) is 5.92 Å². The van der Waals surface area contributed by atoms with Gasteiger partial charge in [0, 0.05) is 0 Å². The molecular weight excluding hydrogens is 415 g/mol. The van der Waals surface area contributed by atoms with Crippen LogP contribution in [0.5, 0.6) is 0 Å². The third-order valence-corrected chi connectivity index (χ3v) is 6.98. The molecule has 3 nitrogen and oxygen atoms in total. The molecule has 0 bridgehead atoms. The van der Waals surface area contributed by atoms with Crippen LogP contribution in [0.4, 0.5) is 0 Å². The zero-order chi connectivity index (χ0) is 18.5. The average molecular weight is 436 g/mol. The van der Waals surface area contributed by atoms with Crippen LogP contribution in [0.1, 0.15) is 31.9 Å². The zero-order valence-corrected chi connectivity index (χ0v) is 17.2. The van der Waals surface area contributed by atoms with Gasteiger partial charge in [0.05, 0.1) is 0 Å². The van der Waals surface area contributed by atoms with Crippen molar-refractivity contribution < 1.29 is 14.3 Å². The molecule has 2 atom stereocenters. The molecule has 0 amide bonds. The van der Waals surface area contributed by atoms with Crippen molar-refractivity contribution in [2.75, 3.05) is 6.61 Å². The number of esters is 1. The van der Waals surface area contributed by atoms with Crippen LogP contribution in [-0.2, 0) is 14.3 Å². The van der Waals surface area contributed by atoms with Gasteiger partial charge in [-0.2, -0.15) is 0 Å². The molecule has 1 aliphatic heterocycles. The van der Waals surface area contributed by atoms with Crippen LogP contribution in [-0.4, -0.2) is 27.5 Å². The second-order valence-electron chi connectivity index (χ2n) is 6.18. The van der Waals surface area contributed by atoms with Crippen molar-refractivity contribution in [3.05, 3.63) is 75.4 Å². The van der Waals surface area contributed by atoms with Gasteiger partial charge in [-0.05, 0) is 0 Å². The van der Waals surface area contributed by atoms with Crippen LogP contribution in [0.15, 0.2) is 64.8 Å². The van der Waals surface area contributed by atoms with E-state index in [0.717, 1.165) is 16.5 Å². The van der Waals surface area contributed by atoms with Crippen LogP contribution in [0, 0.1) is 5.92 Å². The molecule has 136 valence electrons. The minimum atomic E-state index is -0.202. The molecule has 0 N–H and O–H groups in total. The summed E-state index contributed by atoms with van der Waals surface area (Å²) in [7, 11) is 0. The van der Waals surface area contributed by atoms with Gasteiger partial charge >= 0.3 is 166 Å². The summed E-state index contributed by atoms with van der Waals surface area (Å²) in [5.41, 5.74) is 1.02. The molecule has 0 aliphatic carbocycles. The number of carbonyl (C=O) groups is 1. The number of rotatable bonds is 6. The fourth-order valence-electron chi connectivity index (χ4n) is 2.53. The molecule has 0 saturated carbocycles. The Balaban J connectivity index is 1.91. The van der Waals surface area contributed by atoms with E-state index in [1.807, 2.05) is 56.3 Å². The van der Waals surface area contributed by atoms with Crippen LogP contribution in [0.25, 0.3) is 0 Å². The Morgan fingerprint density at radius 3 is 2.58 bits per heavy atom. The van der Waals surface area contributed by atoms with Crippen molar-refractivity contribution in [1.82, 2.24) is 0 Å². The van der Waals surface area contributed by atoms with Gasteiger partial charge in [-0.1, -0.05) is 0 Å². The molecule has 3 rings (SSSR count).